The Balaban J connectivity index is 1.78. The van der Waals surface area contributed by atoms with Crippen molar-refractivity contribution >= 4 is 28.1 Å². The topological polar surface area (TPSA) is 82.1 Å². The molecule has 9 heteroatoms. The zero-order valence-corrected chi connectivity index (χ0v) is 21.6. The lowest BCUT2D eigenvalue weighted by molar-refractivity contribution is -0.127. The highest BCUT2D eigenvalue weighted by molar-refractivity contribution is 7.90. The van der Waals surface area contributed by atoms with Crippen molar-refractivity contribution < 1.29 is 17.6 Å². The fraction of sp³-hybridized carbons (Fsp3) is 0.520. The van der Waals surface area contributed by atoms with Gasteiger partial charge in [0.25, 0.3) is 5.91 Å². The minimum atomic E-state index is -3.48. The summed E-state index contributed by atoms with van der Waals surface area (Å²) in [7, 11) is -3.48. The van der Waals surface area contributed by atoms with Crippen LogP contribution in [0.15, 0.2) is 50.6 Å². The standard InChI is InChI=1S/C25H35FN4O3S/c1-7-19(23(27-5)28-25(4)10-11-25)22(17(2)3)24(31)30-14-12-29(13-15-30)21-9-8-18(16-20(21)26)34(6,32)33/h8-9,16,28H,5,7,10-15H2,1-4,6H3/b23-19-. The van der Waals surface area contributed by atoms with Crippen molar-refractivity contribution in [3.05, 3.63) is 46.6 Å². The monoisotopic (exact) mass is 490 g/mol. The third-order valence-corrected chi connectivity index (χ3v) is 7.60. The zero-order valence-electron chi connectivity index (χ0n) is 20.7. The number of carbonyl (C=O) groups is 1. The van der Waals surface area contributed by atoms with Crippen LogP contribution in [0.2, 0.25) is 0 Å². The molecule has 1 aromatic carbocycles. The molecule has 34 heavy (non-hydrogen) atoms. The number of anilines is 1. The molecule has 1 aliphatic carbocycles. The van der Waals surface area contributed by atoms with E-state index in [1.165, 1.54) is 12.1 Å². The molecule has 0 spiro atoms. The van der Waals surface area contributed by atoms with Gasteiger partial charge in [-0.05, 0) is 65.0 Å². The van der Waals surface area contributed by atoms with E-state index < -0.39 is 15.7 Å². The summed E-state index contributed by atoms with van der Waals surface area (Å²) in [5, 5.41) is 3.46. The second kappa shape index (κ2) is 9.90. The Labute approximate surface area is 202 Å². The van der Waals surface area contributed by atoms with Crippen molar-refractivity contribution in [2.45, 2.75) is 57.4 Å². The van der Waals surface area contributed by atoms with Gasteiger partial charge in [-0.2, -0.15) is 0 Å². The second-order valence-electron chi connectivity index (χ2n) is 9.56. The average Bonchev–Trinajstić information content (AvgIpc) is 3.51. The Hall–Kier alpha value is -2.68. The highest BCUT2D eigenvalue weighted by Crippen LogP contribution is 2.37. The normalized spacial score (nSPS) is 18.2. The Morgan fingerprint density at radius 2 is 1.82 bits per heavy atom. The fourth-order valence-corrected chi connectivity index (χ4v) is 4.83. The van der Waals surface area contributed by atoms with Gasteiger partial charge in [0.15, 0.2) is 9.84 Å². The second-order valence-corrected chi connectivity index (χ2v) is 11.6. The molecule has 1 aromatic rings. The van der Waals surface area contributed by atoms with Crippen LogP contribution >= 0.6 is 0 Å². The van der Waals surface area contributed by atoms with Gasteiger partial charge in [-0.3, -0.25) is 4.79 Å². The van der Waals surface area contributed by atoms with Crippen LogP contribution in [0.4, 0.5) is 10.1 Å². The van der Waals surface area contributed by atoms with Crippen LogP contribution < -0.4 is 10.2 Å². The maximum absolute atomic E-state index is 14.7. The summed E-state index contributed by atoms with van der Waals surface area (Å²) in [4.78, 5) is 21.4. The van der Waals surface area contributed by atoms with E-state index in [2.05, 4.69) is 24.0 Å². The van der Waals surface area contributed by atoms with E-state index in [4.69, 9.17) is 0 Å². The molecule has 1 heterocycles. The number of carbonyl (C=O) groups excluding carboxylic acids is 1. The molecule has 3 rings (SSSR count). The molecule has 1 saturated carbocycles. The number of nitrogens with one attached hydrogen (secondary N) is 1. The summed E-state index contributed by atoms with van der Waals surface area (Å²) in [5.41, 5.74) is 2.78. The van der Waals surface area contributed by atoms with Crippen molar-refractivity contribution in [1.82, 2.24) is 10.2 Å². The molecule has 2 fully saturated rings. The predicted octanol–water partition coefficient (Wildman–Crippen LogP) is 3.68. The Bertz CT molecular complexity index is 1140. The first-order valence-electron chi connectivity index (χ1n) is 11.6. The van der Waals surface area contributed by atoms with Gasteiger partial charge in [-0.25, -0.2) is 17.8 Å². The first-order valence-corrected chi connectivity index (χ1v) is 13.5. The number of sulfone groups is 1. The van der Waals surface area contributed by atoms with E-state index in [0.717, 1.165) is 36.3 Å². The number of rotatable bonds is 8. The largest absolute Gasteiger partial charge is 0.366 e. The van der Waals surface area contributed by atoms with Crippen LogP contribution in [-0.2, 0) is 14.6 Å². The number of nitrogens with zero attached hydrogens (tertiary/aromatic N) is 3. The van der Waals surface area contributed by atoms with Crippen LogP contribution in [0.3, 0.4) is 0 Å². The van der Waals surface area contributed by atoms with Gasteiger partial charge in [-0.1, -0.05) is 12.5 Å². The molecule has 0 atom stereocenters. The van der Waals surface area contributed by atoms with Gasteiger partial charge >= 0.3 is 0 Å². The van der Waals surface area contributed by atoms with Crippen molar-refractivity contribution in [2.24, 2.45) is 4.99 Å². The molecule has 0 bridgehead atoms. The molecule has 1 amide bonds. The van der Waals surface area contributed by atoms with Crippen molar-refractivity contribution in [2.75, 3.05) is 37.3 Å². The molecular formula is C25H35FN4O3S. The lowest BCUT2D eigenvalue weighted by atomic mass is 9.97. The molecule has 0 unspecified atom stereocenters. The van der Waals surface area contributed by atoms with E-state index in [9.17, 15) is 17.6 Å². The van der Waals surface area contributed by atoms with E-state index in [-0.39, 0.29) is 16.3 Å². The van der Waals surface area contributed by atoms with E-state index in [1.54, 1.807) is 4.90 Å². The highest BCUT2D eigenvalue weighted by atomic mass is 32.2. The van der Waals surface area contributed by atoms with Crippen LogP contribution in [0.1, 0.15) is 47.0 Å². The fourth-order valence-electron chi connectivity index (χ4n) is 4.20. The number of halogens is 1. The summed E-state index contributed by atoms with van der Waals surface area (Å²) in [5.74, 6) is 0.0252. The SMILES string of the molecule is C=N/C(NC1(C)CC1)=C(\CC)C(C(=O)N1CCN(c2ccc(S(C)(=O)=O)cc2F)CC1)=C(C)C. The number of piperazine rings is 1. The van der Waals surface area contributed by atoms with Gasteiger partial charge in [0.05, 0.1) is 10.6 Å². The van der Waals surface area contributed by atoms with Gasteiger partial charge in [0.1, 0.15) is 11.6 Å². The first kappa shape index (κ1) is 25.9. The van der Waals surface area contributed by atoms with E-state index >= 15 is 0 Å². The van der Waals surface area contributed by atoms with Gasteiger partial charge < -0.3 is 15.1 Å². The molecule has 1 aliphatic heterocycles. The summed E-state index contributed by atoms with van der Waals surface area (Å²) in [6, 6.07) is 3.97. The Morgan fingerprint density at radius 3 is 2.26 bits per heavy atom. The summed E-state index contributed by atoms with van der Waals surface area (Å²) in [6.07, 6.45) is 3.82. The van der Waals surface area contributed by atoms with Crippen molar-refractivity contribution in [3.63, 3.8) is 0 Å². The van der Waals surface area contributed by atoms with Crippen molar-refractivity contribution in [1.29, 1.82) is 0 Å². The summed E-state index contributed by atoms with van der Waals surface area (Å²) in [6.45, 7) is 13.5. The van der Waals surface area contributed by atoms with E-state index in [1.807, 2.05) is 25.7 Å². The number of allylic oxidation sites excluding steroid dienone is 1. The lowest BCUT2D eigenvalue weighted by Crippen LogP contribution is -2.49. The number of benzene rings is 1. The minimum absolute atomic E-state index is 0.00903. The van der Waals surface area contributed by atoms with Gasteiger partial charge in [0, 0.05) is 49.1 Å². The molecule has 7 nitrogen and oxygen atoms in total. The molecule has 0 radical (unpaired) electrons. The van der Waals surface area contributed by atoms with Crippen LogP contribution in [-0.4, -0.2) is 63.9 Å². The Kier molecular flexibility index (Phi) is 7.55. The maximum atomic E-state index is 14.7. The third kappa shape index (κ3) is 5.68. The highest BCUT2D eigenvalue weighted by Gasteiger charge is 2.38. The summed E-state index contributed by atoms with van der Waals surface area (Å²) >= 11 is 0. The molecule has 1 N–H and O–H groups in total. The van der Waals surface area contributed by atoms with Gasteiger partial charge in [-0.15, -0.1) is 0 Å². The number of amides is 1. The molecular weight excluding hydrogens is 455 g/mol. The predicted molar refractivity (Wildman–Crippen MR) is 134 cm³/mol. The smallest absolute Gasteiger partial charge is 0.254 e. The number of hydrogen-bond donors (Lipinski definition) is 1. The van der Waals surface area contributed by atoms with Crippen molar-refractivity contribution in [3.8, 4) is 0 Å². The quantitative estimate of drug-likeness (QED) is 0.342. The molecule has 2 aliphatic rings. The van der Waals surface area contributed by atoms with Crippen LogP contribution in [0.5, 0.6) is 0 Å². The average molecular weight is 491 g/mol. The lowest BCUT2D eigenvalue weighted by Gasteiger charge is -2.37. The van der Waals surface area contributed by atoms with Gasteiger partial charge in [0.2, 0.25) is 0 Å². The maximum Gasteiger partial charge on any atom is 0.254 e. The first-order chi connectivity index (χ1) is 15.9. The Morgan fingerprint density at radius 1 is 1.21 bits per heavy atom. The minimum Gasteiger partial charge on any atom is -0.366 e. The van der Waals surface area contributed by atoms with Crippen LogP contribution in [0, 0.1) is 5.82 Å². The molecule has 0 aromatic heterocycles. The summed E-state index contributed by atoms with van der Waals surface area (Å²) < 4.78 is 38.0. The molecule has 1 saturated heterocycles. The van der Waals surface area contributed by atoms with Crippen LogP contribution in [0.25, 0.3) is 0 Å². The zero-order chi connectivity index (χ0) is 25.3. The molecule has 186 valence electrons. The third-order valence-electron chi connectivity index (χ3n) is 6.49. The van der Waals surface area contributed by atoms with E-state index in [0.29, 0.717) is 49.7 Å². The number of hydrogen-bond acceptors (Lipinski definition) is 6. The number of aliphatic imine (C=N–C) groups is 1.